The molecule has 7 rings (SSSR count). The first-order chi connectivity index (χ1) is 22.7. The minimum absolute atomic E-state index is 0.155. The van der Waals surface area contributed by atoms with Crippen molar-refractivity contribution >= 4 is 34.2 Å². The largest absolute Gasteiger partial charge is 0.394 e. The van der Waals surface area contributed by atoms with Crippen LogP contribution < -0.4 is 4.90 Å². The number of aliphatic hydroxyl groups is 1. The Labute approximate surface area is 276 Å². The van der Waals surface area contributed by atoms with Gasteiger partial charge in [0, 0.05) is 25.3 Å². The van der Waals surface area contributed by atoms with Crippen LogP contribution in [0, 0.1) is 17.8 Å². The predicted molar refractivity (Wildman–Crippen MR) is 181 cm³/mol. The second-order valence-corrected chi connectivity index (χ2v) is 13.8. The van der Waals surface area contributed by atoms with E-state index < -0.39 is 35.1 Å². The lowest BCUT2D eigenvalue weighted by atomic mass is 9.73. The molecule has 0 aromatic heterocycles. The van der Waals surface area contributed by atoms with Crippen LogP contribution in [0.3, 0.4) is 0 Å². The predicted octanol–water partition coefficient (Wildman–Crippen LogP) is 5.11. The van der Waals surface area contributed by atoms with Gasteiger partial charge in [-0.1, -0.05) is 106 Å². The van der Waals surface area contributed by atoms with Crippen molar-refractivity contribution in [1.29, 1.82) is 0 Å². The highest BCUT2D eigenvalue weighted by atomic mass is 16.5. The van der Waals surface area contributed by atoms with Gasteiger partial charge in [0.25, 0.3) is 5.91 Å². The van der Waals surface area contributed by atoms with Gasteiger partial charge in [0.15, 0.2) is 0 Å². The van der Waals surface area contributed by atoms with E-state index in [4.69, 9.17) is 4.74 Å². The number of aliphatic hydroxyl groups excluding tert-OH is 1. The van der Waals surface area contributed by atoms with E-state index >= 15 is 4.79 Å². The summed E-state index contributed by atoms with van der Waals surface area (Å²) < 4.78 is 7.16. The number of anilines is 1. The third kappa shape index (κ3) is 5.00. The van der Waals surface area contributed by atoms with E-state index in [1.54, 1.807) is 14.7 Å². The fraction of sp³-hybridized carbons (Fsp3) is 0.410. The number of benzene rings is 3. The van der Waals surface area contributed by atoms with Crippen LogP contribution >= 0.6 is 0 Å². The average molecular weight is 634 g/mol. The van der Waals surface area contributed by atoms with Crippen molar-refractivity contribution in [3.63, 3.8) is 0 Å². The van der Waals surface area contributed by atoms with Crippen molar-refractivity contribution in [3.05, 3.63) is 103 Å². The van der Waals surface area contributed by atoms with Crippen LogP contribution in [0.4, 0.5) is 5.69 Å². The van der Waals surface area contributed by atoms with Crippen LogP contribution in [0.25, 0.3) is 10.8 Å². The van der Waals surface area contributed by atoms with Crippen molar-refractivity contribution < 1.29 is 24.2 Å². The van der Waals surface area contributed by atoms with E-state index in [-0.39, 0.29) is 36.8 Å². The molecule has 4 aliphatic heterocycles. The summed E-state index contributed by atoms with van der Waals surface area (Å²) in [6.07, 6.45) is 8.70. The molecule has 2 saturated heterocycles. The molecule has 244 valence electrons. The lowest BCUT2D eigenvalue weighted by Gasteiger charge is -2.41. The maximum absolute atomic E-state index is 15.0. The first kappa shape index (κ1) is 31.3. The Bertz CT molecular complexity index is 1750. The zero-order valence-electron chi connectivity index (χ0n) is 27.3. The van der Waals surface area contributed by atoms with E-state index in [1.807, 2.05) is 118 Å². The molecule has 0 bridgehead atoms. The molecule has 0 saturated carbocycles. The van der Waals surface area contributed by atoms with Crippen molar-refractivity contribution in [2.75, 3.05) is 24.6 Å². The molecule has 2 fully saturated rings. The number of nitrogens with zero attached hydrogens (tertiary/aromatic N) is 3. The number of likely N-dealkylation sites (tertiary alicyclic amines) is 1. The Morgan fingerprint density at radius 3 is 2.30 bits per heavy atom. The van der Waals surface area contributed by atoms with Gasteiger partial charge >= 0.3 is 0 Å². The maximum Gasteiger partial charge on any atom is 0.253 e. The van der Waals surface area contributed by atoms with Crippen molar-refractivity contribution in [3.8, 4) is 0 Å². The Morgan fingerprint density at radius 1 is 0.851 bits per heavy atom. The third-order valence-electron chi connectivity index (χ3n) is 10.6. The zero-order valence-corrected chi connectivity index (χ0v) is 27.3. The molecular weight excluding hydrogens is 590 g/mol. The second-order valence-electron chi connectivity index (χ2n) is 13.8. The highest BCUT2D eigenvalue weighted by Gasteiger charge is 2.76. The summed E-state index contributed by atoms with van der Waals surface area (Å²) in [6.45, 7) is 6.84. The van der Waals surface area contributed by atoms with Crippen molar-refractivity contribution in [2.24, 2.45) is 17.8 Å². The van der Waals surface area contributed by atoms with Crippen molar-refractivity contribution in [1.82, 2.24) is 9.80 Å². The molecule has 6 atom stereocenters. The molecular formula is C39H43N3O5. The number of carbonyl (C=O) groups is 3. The third-order valence-corrected chi connectivity index (χ3v) is 10.6. The molecule has 4 heterocycles. The lowest BCUT2D eigenvalue weighted by molar-refractivity contribution is -0.153. The van der Waals surface area contributed by atoms with Gasteiger partial charge in [0.1, 0.15) is 11.6 Å². The van der Waals surface area contributed by atoms with E-state index in [0.29, 0.717) is 25.9 Å². The second kappa shape index (κ2) is 12.1. The smallest absolute Gasteiger partial charge is 0.253 e. The highest BCUT2D eigenvalue weighted by Crippen LogP contribution is 2.59. The van der Waals surface area contributed by atoms with E-state index in [2.05, 4.69) is 0 Å². The molecule has 1 unspecified atom stereocenters. The zero-order chi connectivity index (χ0) is 32.9. The topological polar surface area (TPSA) is 90.4 Å². The summed E-state index contributed by atoms with van der Waals surface area (Å²) in [5.41, 5.74) is -0.737. The van der Waals surface area contributed by atoms with E-state index in [0.717, 1.165) is 22.0 Å². The minimum atomic E-state index is -1.39. The Kier molecular flexibility index (Phi) is 8.05. The SMILES string of the molecule is CC[C@@]12C=CCN(Cc3ccccc3)C(=O)[C@@H]1[C@H]1C(=O)N([C@@H](CO)CC(C)C)C3C(=O)N(c4ccc5ccccc5c4)CC=C[C@@]31O2. The van der Waals surface area contributed by atoms with Crippen LogP contribution in [0.15, 0.2) is 97.1 Å². The summed E-state index contributed by atoms with van der Waals surface area (Å²) in [7, 11) is 0. The fourth-order valence-electron chi connectivity index (χ4n) is 8.49. The van der Waals surface area contributed by atoms with Gasteiger partial charge in [-0.15, -0.1) is 0 Å². The standard InChI is InChI=1S/C39H43N3O5/c1-4-38-18-10-20-40(24-27-12-6-5-7-13-27)35(44)32(38)33-36(45)42(31(25-43)22-26(2)3)34-37(46)41(21-11-19-39(33,34)47-38)30-17-16-28-14-8-9-15-29(28)23-30/h5-19,23,26,31-34,43H,4,20-22,24-25H2,1-3H3/t31-,32+,33+,34?,38-,39+/m1/s1. The van der Waals surface area contributed by atoms with Gasteiger partial charge in [-0.25, -0.2) is 0 Å². The minimum Gasteiger partial charge on any atom is -0.394 e. The Hall–Kier alpha value is -4.27. The van der Waals surface area contributed by atoms with Crippen LogP contribution in [0.1, 0.15) is 39.2 Å². The average Bonchev–Trinajstić information content (AvgIpc) is 3.38. The van der Waals surface area contributed by atoms with Gasteiger partial charge in [-0.05, 0) is 47.2 Å². The maximum atomic E-state index is 15.0. The van der Waals surface area contributed by atoms with Gasteiger partial charge in [-0.2, -0.15) is 0 Å². The molecule has 47 heavy (non-hydrogen) atoms. The number of hydrogen-bond donors (Lipinski definition) is 1. The molecule has 8 heteroatoms. The lowest BCUT2D eigenvalue weighted by Crippen LogP contribution is -2.59. The summed E-state index contributed by atoms with van der Waals surface area (Å²) in [5.74, 6) is -2.35. The number of carbonyl (C=O) groups excluding carboxylic acids is 3. The quantitative estimate of drug-likeness (QED) is 0.349. The van der Waals surface area contributed by atoms with E-state index in [9.17, 15) is 14.7 Å². The van der Waals surface area contributed by atoms with Crippen LogP contribution in [-0.2, 0) is 25.7 Å². The number of hydrogen-bond acceptors (Lipinski definition) is 5. The summed E-state index contributed by atoms with van der Waals surface area (Å²) in [5, 5.41) is 12.8. The first-order valence-corrected chi connectivity index (χ1v) is 16.8. The fourth-order valence-corrected chi connectivity index (χ4v) is 8.49. The molecule has 0 radical (unpaired) electrons. The number of rotatable bonds is 8. The molecule has 1 N–H and O–H groups in total. The Morgan fingerprint density at radius 2 is 1.57 bits per heavy atom. The van der Waals surface area contributed by atoms with Crippen LogP contribution in [0.2, 0.25) is 0 Å². The molecule has 3 amide bonds. The van der Waals surface area contributed by atoms with Crippen LogP contribution in [-0.4, -0.2) is 75.6 Å². The normalized spacial score (nSPS) is 29.3. The summed E-state index contributed by atoms with van der Waals surface area (Å²) in [4.78, 5) is 49.8. The summed E-state index contributed by atoms with van der Waals surface area (Å²) >= 11 is 0. The Balaban J connectivity index is 1.35. The highest BCUT2D eigenvalue weighted by molar-refractivity contribution is 6.07. The van der Waals surface area contributed by atoms with E-state index in [1.165, 1.54) is 0 Å². The molecule has 0 aliphatic carbocycles. The van der Waals surface area contributed by atoms with Gasteiger partial charge in [0.05, 0.1) is 30.1 Å². The van der Waals surface area contributed by atoms with Gasteiger partial charge in [-0.3, -0.25) is 14.4 Å². The summed E-state index contributed by atoms with van der Waals surface area (Å²) in [6, 6.07) is 22.1. The molecule has 3 aromatic rings. The first-order valence-electron chi connectivity index (χ1n) is 16.8. The van der Waals surface area contributed by atoms with Gasteiger partial charge in [0.2, 0.25) is 11.8 Å². The van der Waals surface area contributed by atoms with Crippen molar-refractivity contribution in [2.45, 2.75) is 63.4 Å². The molecule has 1 spiro atoms. The monoisotopic (exact) mass is 633 g/mol. The molecule has 4 aliphatic rings. The number of fused-ring (bicyclic) bond motifs is 3. The number of ether oxygens (including phenoxy) is 1. The number of amides is 3. The van der Waals surface area contributed by atoms with Crippen LogP contribution in [0.5, 0.6) is 0 Å². The molecule has 3 aromatic carbocycles. The van der Waals surface area contributed by atoms with Gasteiger partial charge < -0.3 is 24.5 Å². The molecule has 8 nitrogen and oxygen atoms in total.